The first kappa shape index (κ1) is 37.6. The summed E-state index contributed by atoms with van der Waals surface area (Å²) in [5, 5.41) is 4.13. The molecule has 0 aliphatic rings. The fourth-order valence-electron chi connectivity index (χ4n) is 10.9. The topological polar surface area (TPSA) is 40.8 Å². The van der Waals surface area contributed by atoms with Crippen LogP contribution < -0.4 is 9.30 Å². The van der Waals surface area contributed by atoms with Crippen molar-refractivity contribution in [2.75, 3.05) is 0 Å². The number of benzene rings is 10. The van der Waals surface area contributed by atoms with Crippen LogP contribution in [0.2, 0.25) is 0 Å². The van der Waals surface area contributed by atoms with Crippen molar-refractivity contribution in [1.82, 2.24) is 18.7 Å². The Labute approximate surface area is 475 Å². The molecule has 0 amide bonds. The molecule has 0 aliphatic heterocycles. The van der Waals surface area contributed by atoms with E-state index in [0.717, 1.165) is 67.1 Å². The number of hydrogen-bond donors (Lipinski definition) is 0. The van der Waals surface area contributed by atoms with Gasteiger partial charge in [-0.05, 0) is 92.3 Å². The number of para-hydroxylation sites is 6. The Morgan fingerprint density at radius 1 is 0.558 bits per heavy atom. The normalized spacial score (nSPS) is 13.5. The van der Waals surface area contributed by atoms with Crippen LogP contribution in [-0.2, 0) is 32.9 Å². The van der Waals surface area contributed by atoms with Crippen molar-refractivity contribution >= 4 is 54.6 Å². The first-order valence-electron chi connectivity index (χ1n) is 30.0. The van der Waals surface area contributed by atoms with Gasteiger partial charge in [0.25, 0.3) is 6.33 Å². The van der Waals surface area contributed by atoms with Crippen molar-refractivity contribution in [3.05, 3.63) is 278 Å². The summed E-state index contributed by atoms with van der Waals surface area (Å²) in [5.74, 6) is 1.44. The van der Waals surface area contributed by atoms with Crippen LogP contribution in [0.4, 0.5) is 0 Å². The van der Waals surface area contributed by atoms with Crippen molar-refractivity contribution in [3.63, 3.8) is 0 Å². The van der Waals surface area contributed by atoms with Gasteiger partial charge in [0.1, 0.15) is 5.82 Å². The number of aromatic nitrogens is 5. The predicted octanol–water partition coefficient (Wildman–Crippen LogP) is 16.5. The Kier molecular flexibility index (Phi) is 9.55. The van der Waals surface area contributed by atoms with E-state index in [0.29, 0.717) is 28.2 Å². The van der Waals surface area contributed by atoms with E-state index in [1.165, 1.54) is 5.56 Å². The zero-order chi connectivity index (χ0) is 59.4. The minimum atomic E-state index is -0.579. The van der Waals surface area contributed by atoms with Crippen LogP contribution in [0.5, 0.6) is 11.5 Å². The van der Waals surface area contributed by atoms with Crippen LogP contribution in [0.25, 0.3) is 99.8 Å². The molecule has 0 bridgehead atoms. The third-order valence-electron chi connectivity index (χ3n) is 14.3. The molecule has 0 saturated carbocycles. The maximum Gasteiger partial charge on any atom is 0.268 e. The van der Waals surface area contributed by atoms with Gasteiger partial charge in [-0.1, -0.05) is 213 Å². The molecule has 0 unspecified atom stereocenters. The molecule has 0 radical (unpaired) electrons. The Bertz CT molecular complexity index is 4940. The average Bonchev–Trinajstić information content (AvgIpc) is 1.64. The Balaban J connectivity index is 0.00000700. The maximum absolute atomic E-state index is 9.14. The standard InChI is InChI=1S/C70H49N5O.Pt/c1-70(2,51-26-10-5-11-27-51)46-48-40-41-71-67(42-48)75-62-37-17-14-32-59(62)68-65(74-60-35-15-12-30-57(60)58-31-13-16-36-61(58)74)44-54(45-66(68)75)76-53-29-20-28-52(43-53)72-47-73(64-39-19-18-38-63(64)72)69-55(49-22-6-3-7-23-49)33-21-34-56(69)50-24-8-4-9-25-50;/h3-42,44H,46H2,1-2H3;/q-2;/i3D,4D,6D,7D,8D,9D,22D,23D,24D,25D;. The van der Waals surface area contributed by atoms with Gasteiger partial charge in [-0.2, -0.15) is 12.1 Å². The van der Waals surface area contributed by atoms with Crippen LogP contribution in [0.3, 0.4) is 0 Å². The number of rotatable bonds is 11. The molecule has 372 valence electrons. The molecular formula is C70H49N5OPt-2. The van der Waals surface area contributed by atoms with E-state index in [9.17, 15) is 0 Å². The van der Waals surface area contributed by atoms with Crippen LogP contribution in [-0.4, -0.2) is 18.7 Å². The number of pyridine rings is 1. The molecule has 0 saturated heterocycles. The third-order valence-corrected chi connectivity index (χ3v) is 14.3. The van der Waals surface area contributed by atoms with Crippen LogP contribution in [0.15, 0.2) is 249 Å². The smallest absolute Gasteiger partial charge is 0.268 e. The van der Waals surface area contributed by atoms with Gasteiger partial charge < -0.3 is 18.4 Å². The van der Waals surface area contributed by atoms with E-state index in [4.69, 9.17) is 23.4 Å². The first-order valence-corrected chi connectivity index (χ1v) is 25.0. The molecule has 7 heteroatoms. The minimum Gasteiger partial charge on any atom is -0.510 e. The van der Waals surface area contributed by atoms with Crippen molar-refractivity contribution < 1.29 is 44.1 Å². The largest absolute Gasteiger partial charge is 0.510 e. The van der Waals surface area contributed by atoms with Gasteiger partial charge in [-0.15, -0.1) is 24.3 Å². The third kappa shape index (κ3) is 8.33. The zero-order valence-corrected chi connectivity index (χ0v) is 43.8. The fraction of sp³-hybridized carbons (Fsp3) is 0.0571. The SMILES string of the molecule is [2H]c1c([2H])c([2H])c(-c2cccc(-c3c([2H])c([2H])c([2H])c([2H])c3[2H])c2-[n+]2[c-]n(-c3[c-]c(Oc4[c-]c5c(c(-n6c7ccccc7c7ccccc76)c4)c4ccccc4n5-c4cc(CC(C)(C)c5ccccc5)ccn4)ccc3)c3ccccc32)c([2H])c1[2H].[Pt]. The van der Waals surface area contributed by atoms with E-state index in [1.54, 1.807) is 33.4 Å². The summed E-state index contributed by atoms with van der Waals surface area (Å²) >= 11 is 0. The summed E-state index contributed by atoms with van der Waals surface area (Å²) in [5.41, 5.74) is 8.44. The molecule has 77 heavy (non-hydrogen) atoms. The predicted molar refractivity (Wildman–Crippen MR) is 308 cm³/mol. The number of nitrogens with zero attached hydrogens (tertiary/aromatic N) is 5. The second kappa shape index (κ2) is 19.6. The molecule has 4 heterocycles. The van der Waals surface area contributed by atoms with Crippen LogP contribution in [0, 0.1) is 18.5 Å². The first-order chi connectivity index (χ1) is 41.6. The summed E-state index contributed by atoms with van der Waals surface area (Å²) in [6, 6.07) is 61.4. The van der Waals surface area contributed by atoms with E-state index in [2.05, 4.69) is 132 Å². The Morgan fingerprint density at radius 3 is 1.82 bits per heavy atom. The zero-order valence-electron chi connectivity index (χ0n) is 51.6. The van der Waals surface area contributed by atoms with Crippen molar-refractivity contribution in [2.45, 2.75) is 25.7 Å². The Hall–Kier alpha value is -9.09. The fourth-order valence-corrected chi connectivity index (χ4v) is 10.9. The van der Waals surface area contributed by atoms with Gasteiger partial charge in [0, 0.05) is 55.1 Å². The summed E-state index contributed by atoms with van der Waals surface area (Å²) in [6.07, 6.45) is 6.10. The van der Waals surface area contributed by atoms with E-state index < -0.39 is 60.4 Å². The maximum atomic E-state index is 9.14. The van der Waals surface area contributed by atoms with Gasteiger partial charge in [0.05, 0.1) is 41.5 Å². The quantitative estimate of drug-likeness (QED) is 0.0956. The van der Waals surface area contributed by atoms with E-state index >= 15 is 0 Å². The van der Waals surface area contributed by atoms with E-state index in [-0.39, 0.29) is 54.4 Å². The molecule has 0 spiro atoms. The molecule has 6 nitrogen and oxygen atoms in total. The average molecular weight is 1180 g/mol. The van der Waals surface area contributed by atoms with Gasteiger partial charge in [-0.3, -0.25) is 4.57 Å². The van der Waals surface area contributed by atoms with E-state index in [1.807, 2.05) is 72.9 Å². The molecular weight excluding hydrogens is 1120 g/mol. The summed E-state index contributed by atoms with van der Waals surface area (Å²) in [4.78, 5) is 5.06. The summed E-state index contributed by atoms with van der Waals surface area (Å²) in [6.45, 7) is 4.52. The second-order valence-electron chi connectivity index (χ2n) is 19.4. The number of imidazole rings is 1. The number of hydrogen-bond acceptors (Lipinski definition) is 2. The van der Waals surface area contributed by atoms with Crippen LogP contribution >= 0.6 is 0 Å². The minimum absolute atomic E-state index is 0. The monoisotopic (exact) mass is 1180 g/mol. The van der Waals surface area contributed by atoms with Crippen molar-refractivity contribution in [2.24, 2.45) is 0 Å². The van der Waals surface area contributed by atoms with Gasteiger partial charge >= 0.3 is 0 Å². The Morgan fingerprint density at radius 2 is 1.14 bits per heavy atom. The van der Waals surface area contributed by atoms with Gasteiger partial charge in [0.2, 0.25) is 0 Å². The van der Waals surface area contributed by atoms with Crippen molar-refractivity contribution in [1.29, 1.82) is 0 Å². The van der Waals surface area contributed by atoms with Gasteiger partial charge in [0.15, 0.2) is 0 Å². The molecule has 0 fully saturated rings. The number of fused-ring (bicyclic) bond motifs is 7. The molecule has 0 aliphatic carbocycles. The second-order valence-corrected chi connectivity index (χ2v) is 19.4. The molecule has 0 N–H and O–H groups in total. The molecule has 14 aromatic rings. The number of ether oxygens (including phenoxy) is 1. The molecule has 14 rings (SSSR count). The summed E-state index contributed by atoms with van der Waals surface area (Å²) < 4.78 is 103. The van der Waals surface area contributed by atoms with Gasteiger partial charge in [-0.25, -0.2) is 4.98 Å². The summed E-state index contributed by atoms with van der Waals surface area (Å²) in [7, 11) is 0. The van der Waals surface area contributed by atoms with Crippen LogP contribution in [0.1, 0.15) is 38.7 Å². The molecule has 10 aromatic carbocycles. The molecule has 0 atom stereocenters. The van der Waals surface area contributed by atoms with Crippen molar-refractivity contribution in [3.8, 4) is 56.6 Å². The molecule has 4 aromatic heterocycles.